The fourth-order valence-corrected chi connectivity index (χ4v) is 1.10. The third-order valence-corrected chi connectivity index (χ3v) is 1.83. The van der Waals surface area contributed by atoms with E-state index in [-0.39, 0.29) is 6.61 Å². The van der Waals surface area contributed by atoms with E-state index < -0.39 is 0 Å². The number of hydrogen-bond donors (Lipinski definition) is 3. The lowest BCUT2D eigenvalue weighted by Crippen LogP contribution is -1.95. The van der Waals surface area contributed by atoms with Crippen LogP contribution in [0.1, 0.15) is 11.1 Å². The zero-order chi connectivity index (χ0) is 10.4. The average molecular weight is 191 g/mol. The lowest BCUT2D eigenvalue weighted by atomic mass is 10.1. The molecule has 14 heavy (non-hydrogen) atoms. The van der Waals surface area contributed by atoms with Gasteiger partial charge in [0.1, 0.15) is 5.70 Å². The highest BCUT2D eigenvalue weighted by Crippen LogP contribution is 2.15. The van der Waals surface area contributed by atoms with Gasteiger partial charge in [0, 0.05) is 18.8 Å². The fourth-order valence-electron chi connectivity index (χ4n) is 1.10. The van der Waals surface area contributed by atoms with Crippen molar-refractivity contribution in [2.75, 3.05) is 7.05 Å². The summed E-state index contributed by atoms with van der Waals surface area (Å²) in [5, 5.41) is 15.1. The highest BCUT2D eigenvalue weighted by Gasteiger charge is 1.98. The minimum atomic E-state index is 0.0311. The number of rotatable bonds is 4. The van der Waals surface area contributed by atoms with Crippen molar-refractivity contribution in [3.8, 4) is 0 Å². The molecule has 0 unspecified atom stereocenters. The maximum Gasteiger partial charge on any atom is 0.108 e. The molecule has 0 aromatic heterocycles. The van der Waals surface area contributed by atoms with E-state index in [4.69, 9.17) is 10.6 Å². The molecule has 0 fully saturated rings. The highest BCUT2D eigenvalue weighted by atomic mass is 16.3. The van der Waals surface area contributed by atoms with Gasteiger partial charge in [-0.05, 0) is 5.56 Å². The highest BCUT2D eigenvalue weighted by molar-refractivity contribution is 5.63. The molecule has 0 radical (unpaired) electrons. The van der Waals surface area contributed by atoms with E-state index in [0.29, 0.717) is 5.70 Å². The van der Waals surface area contributed by atoms with E-state index in [9.17, 15) is 0 Å². The Labute approximate surface area is 82.8 Å². The SMILES string of the molecule is CN/C=C(\N=N)c1ccc(CO)cc1. The third kappa shape index (κ3) is 2.40. The second-order valence-electron chi connectivity index (χ2n) is 2.79. The zero-order valence-corrected chi connectivity index (χ0v) is 7.99. The standard InChI is InChI=1S/C10H13N3O/c1-12-6-10(13-11)9-4-2-8(7-14)3-5-9/h2-6,11-12,14H,7H2,1H3/b10-6-,13-11?. The molecule has 1 aromatic carbocycles. The summed E-state index contributed by atoms with van der Waals surface area (Å²) in [6.45, 7) is 0.0311. The molecule has 0 atom stereocenters. The Morgan fingerprint density at radius 3 is 2.57 bits per heavy atom. The average Bonchev–Trinajstić information content (AvgIpc) is 2.26. The molecule has 0 aliphatic heterocycles. The van der Waals surface area contributed by atoms with Gasteiger partial charge >= 0.3 is 0 Å². The van der Waals surface area contributed by atoms with Gasteiger partial charge in [0.15, 0.2) is 0 Å². The molecule has 1 aromatic rings. The molecular formula is C10H13N3O. The van der Waals surface area contributed by atoms with Gasteiger partial charge < -0.3 is 10.4 Å². The molecule has 0 saturated heterocycles. The molecule has 0 spiro atoms. The number of nitrogens with one attached hydrogen (secondary N) is 2. The van der Waals surface area contributed by atoms with Crippen molar-refractivity contribution in [1.29, 1.82) is 5.53 Å². The van der Waals surface area contributed by atoms with Crippen LogP contribution < -0.4 is 5.32 Å². The van der Waals surface area contributed by atoms with Crippen molar-refractivity contribution in [2.24, 2.45) is 5.11 Å². The minimum absolute atomic E-state index is 0.0311. The molecule has 1 rings (SSSR count). The van der Waals surface area contributed by atoms with Crippen LogP contribution in [0.15, 0.2) is 35.6 Å². The van der Waals surface area contributed by atoms with Crippen LogP contribution in [0.3, 0.4) is 0 Å². The van der Waals surface area contributed by atoms with E-state index in [1.54, 1.807) is 13.2 Å². The van der Waals surface area contributed by atoms with Crippen LogP contribution in [0, 0.1) is 5.53 Å². The monoisotopic (exact) mass is 191 g/mol. The van der Waals surface area contributed by atoms with E-state index in [0.717, 1.165) is 11.1 Å². The van der Waals surface area contributed by atoms with E-state index >= 15 is 0 Å². The van der Waals surface area contributed by atoms with Crippen molar-refractivity contribution in [3.63, 3.8) is 0 Å². The molecule has 4 heteroatoms. The van der Waals surface area contributed by atoms with Crippen LogP contribution >= 0.6 is 0 Å². The minimum Gasteiger partial charge on any atom is -0.392 e. The Morgan fingerprint density at radius 2 is 2.14 bits per heavy atom. The fraction of sp³-hybridized carbons (Fsp3) is 0.200. The van der Waals surface area contributed by atoms with Crippen LogP contribution in [0.5, 0.6) is 0 Å². The lowest BCUT2D eigenvalue weighted by molar-refractivity contribution is 0.282. The van der Waals surface area contributed by atoms with Gasteiger partial charge in [-0.25, -0.2) is 5.53 Å². The first kappa shape index (κ1) is 10.4. The molecule has 0 aliphatic rings. The Balaban J connectivity index is 2.95. The van der Waals surface area contributed by atoms with Crippen LogP contribution in [-0.4, -0.2) is 12.2 Å². The van der Waals surface area contributed by atoms with Crippen LogP contribution in [0.2, 0.25) is 0 Å². The summed E-state index contributed by atoms with van der Waals surface area (Å²) < 4.78 is 0. The first-order valence-corrected chi connectivity index (χ1v) is 4.27. The summed E-state index contributed by atoms with van der Waals surface area (Å²) in [4.78, 5) is 0. The van der Waals surface area contributed by atoms with Gasteiger partial charge in [-0.15, -0.1) is 0 Å². The van der Waals surface area contributed by atoms with Crippen molar-refractivity contribution >= 4 is 5.70 Å². The summed E-state index contributed by atoms with van der Waals surface area (Å²) in [5.41, 5.74) is 9.24. The molecule has 0 heterocycles. The maximum absolute atomic E-state index is 8.84. The van der Waals surface area contributed by atoms with Crippen LogP contribution in [0.25, 0.3) is 5.70 Å². The summed E-state index contributed by atoms with van der Waals surface area (Å²) in [7, 11) is 1.76. The topological polar surface area (TPSA) is 68.5 Å². The summed E-state index contributed by atoms with van der Waals surface area (Å²) >= 11 is 0. The number of aliphatic hydroxyl groups is 1. The molecule has 0 bridgehead atoms. The zero-order valence-electron chi connectivity index (χ0n) is 7.99. The number of nitrogens with zero attached hydrogens (tertiary/aromatic N) is 1. The quantitative estimate of drug-likeness (QED) is 0.634. The molecule has 3 N–H and O–H groups in total. The number of benzene rings is 1. The predicted molar refractivity (Wildman–Crippen MR) is 54.5 cm³/mol. The lowest BCUT2D eigenvalue weighted by Gasteiger charge is -2.01. The Bertz CT molecular complexity index is 330. The smallest absolute Gasteiger partial charge is 0.108 e. The number of hydrogen-bond acceptors (Lipinski definition) is 4. The normalized spacial score (nSPS) is 11.1. The van der Waals surface area contributed by atoms with Gasteiger partial charge in [-0.3, -0.25) is 0 Å². The van der Waals surface area contributed by atoms with Crippen molar-refractivity contribution in [2.45, 2.75) is 6.61 Å². The Morgan fingerprint density at radius 1 is 1.50 bits per heavy atom. The molecule has 74 valence electrons. The summed E-state index contributed by atoms with van der Waals surface area (Å²) in [6.07, 6.45) is 1.65. The van der Waals surface area contributed by atoms with Crippen LogP contribution in [-0.2, 0) is 6.61 Å². The molecular weight excluding hydrogens is 178 g/mol. The van der Waals surface area contributed by atoms with Gasteiger partial charge in [0.05, 0.1) is 6.61 Å². The van der Waals surface area contributed by atoms with E-state index in [2.05, 4.69) is 10.4 Å². The molecule has 0 aliphatic carbocycles. The van der Waals surface area contributed by atoms with E-state index in [1.807, 2.05) is 24.3 Å². The largest absolute Gasteiger partial charge is 0.392 e. The Kier molecular flexibility index (Phi) is 3.82. The summed E-state index contributed by atoms with van der Waals surface area (Å²) in [6, 6.07) is 7.27. The molecule has 4 nitrogen and oxygen atoms in total. The predicted octanol–water partition coefficient (Wildman–Crippen LogP) is 1.73. The van der Waals surface area contributed by atoms with Crippen molar-refractivity contribution < 1.29 is 5.11 Å². The third-order valence-electron chi connectivity index (χ3n) is 1.83. The van der Waals surface area contributed by atoms with Gasteiger partial charge in [0.25, 0.3) is 0 Å². The first-order valence-electron chi connectivity index (χ1n) is 4.27. The summed E-state index contributed by atoms with van der Waals surface area (Å²) in [5.74, 6) is 0. The Hall–Kier alpha value is -1.68. The number of aliphatic hydroxyl groups excluding tert-OH is 1. The van der Waals surface area contributed by atoms with Gasteiger partial charge in [0.2, 0.25) is 0 Å². The maximum atomic E-state index is 8.84. The van der Waals surface area contributed by atoms with Gasteiger partial charge in [-0.1, -0.05) is 24.3 Å². The van der Waals surface area contributed by atoms with Crippen molar-refractivity contribution in [1.82, 2.24) is 5.32 Å². The second-order valence-corrected chi connectivity index (χ2v) is 2.79. The first-order chi connectivity index (χ1) is 6.81. The second kappa shape index (κ2) is 5.14. The van der Waals surface area contributed by atoms with Crippen LogP contribution in [0.4, 0.5) is 0 Å². The molecule has 0 saturated carbocycles. The van der Waals surface area contributed by atoms with Gasteiger partial charge in [-0.2, -0.15) is 5.11 Å². The van der Waals surface area contributed by atoms with Crippen molar-refractivity contribution in [3.05, 3.63) is 41.6 Å². The van der Waals surface area contributed by atoms with E-state index in [1.165, 1.54) is 0 Å². The molecule has 0 amide bonds.